The van der Waals surface area contributed by atoms with Crippen LogP contribution in [0.3, 0.4) is 0 Å². The van der Waals surface area contributed by atoms with Crippen LogP contribution in [0, 0.1) is 0 Å². The van der Waals surface area contributed by atoms with Gasteiger partial charge in [-0.15, -0.1) is 9.24 Å². The molecule has 1 atom stereocenters. The second-order valence-electron chi connectivity index (χ2n) is 4.11. The first-order valence-corrected chi connectivity index (χ1v) is 7.01. The van der Waals surface area contributed by atoms with E-state index in [1.807, 2.05) is 0 Å². The highest BCUT2D eigenvalue weighted by atomic mass is 31.0. The van der Waals surface area contributed by atoms with Crippen LogP contribution in [-0.4, -0.2) is 17.2 Å². The Morgan fingerprint density at radius 2 is 1.20 bits per heavy atom. The van der Waals surface area contributed by atoms with Gasteiger partial charge in [-0.2, -0.15) is 0 Å². The van der Waals surface area contributed by atoms with E-state index in [9.17, 15) is 4.79 Å². The van der Waals surface area contributed by atoms with Gasteiger partial charge in [0, 0.05) is 6.42 Å². The van der Waals surface area contributed by atoms with E-state index < -0.39 is 5.97 Å². The van der Waals surface area contributed by atoms with Gasteiger partial charge in [0.15, 0.2) is 0 Å². The van der Waals surface area contributed by atoms with Gasteiger partial charge >= 0.3 is 5.97 Å². The van der Waals surface area contributed by atoms with Crippen LogP contribution in [0.1, 0.15) is 64.2 Å². The maximum absolute atomic E-state index is 10.2. The second kappa shape index (κ2) is 12.0. The topological polar surface area (TPSA) is 37.3 Å². The van der Waals surface area contributed by atoms with Crippen molar-refractivity contribution in [2.24, 2.45) is 0 Å². The Morgan fingerprint density at radius 3 is 1.60 bits per heavy atom. The molecule has 0 aliphatic heterocycles. The van der Waals surface area contributed by atoms with Crippen molar-refractivity contribution >= 4 is 15.2 Å². The predicted octanol–water partition coefficient (Wildman–Crippen LogP) is 3.85. The molecule has 0 radical (unpaired) electrons. The van der Waals surface area contributed by atoms with Gasteiger partial charge in [-0.1, -0.05) is 44.9 Å². The van der Waals surface area contributed by atoms with Crippen molar-refractivity contribution in [2.45, 2.75) is 64.2 Å². The molecule has 1 N–H and O–H groups in total. The molecule has 0 fully saturated rings. The smallest absolute Gasteiger partial charge is 0.303 e. The highest BCUT2D eigenvalue weighted by molar-refractivity contribution is 7.16. The summed E-state index contributed by atoms with van der Waals surface area (Å²) < 4.78 is 0. The standard InChI is InChI=1S/C12H25O2P/c13-12(14)10-8-6-4-2-1-3-5-7-9-11-15/h1-11,15H2,(H,13,14). The van der Waals surface area contributed by atoms with Gasteiger partial charge in [0.05, 0.1) is 0 Å². The molecule has 2 nitrogen and oxygen atoms in total. The maximum atomic E-state index is 10.2. The van der Waals surface area contributed by atoms with Crippen LogP contribution >= 0.6 is 9.24 Å². The van der Waals surface area contributed by atoms with Crippen molar-refractivity contribution < 1.29 is 9.90 Å². The third kappa shape index (κ3) is 13.9. The zero-order valence-electron chi connectivity index (χ0n) is 9.71. The highest BCUT2D eigenvalue weighted by Gasteiger charge is 1.96. The average Bonchev–Trinajstić information content (AvgIpc) is 2.20. The second-order valence-corrected chi connectivity index (χ2v) is 4.69. The van der Waals surface area contributed by atoms with Crippen molar-refractivity contribution in [3.05, 3.63) is 0 Å². The van der Waals surface area contributed by atoms with Gasteiger partial charge in [0.1, 0.15) is 0 Å². The van der Waals surface area contributed by atoms with Crippen molar-refractivity contribution in [3.63, 3.8) is 0 Å². The van der Waals surface area contributed by atoms with Crippen molar-refractivity contribution in [2.75, 3.05) is 6.16 Å². The molecule has 0 amide bonds. The minimum Gasteiger partial charge on any atom is -0.481 e. The quantitative estimate of drug-likeness (QED) is 0.434. The largest absolute Gasteiger partial charge is 0.481 e. The molecular formula is C12H25O2P. The van der Waals surface area contributed by atoms with Crippen molar-refractivity contribution in [1.82, 2.24) is 0 Å². The predicted molar refractivity (Wildman–Crippen MR) is 68.4 cm³/mol. The van der Waals surface area contributed by atoms with E-state index in [-0.39, 0.29) is 0 Å². The summed E-state index contributed by atoms with van der Waals surface area (Å²) in [6.07, 6.45) is 12.7. The van der Waals surface area contributed by atoms with E-state index in [4.69, 9.17) is 5.11 Å². The fourth-order valence-corrected chi connectivity index (χ4v) is 1.95. The molecule has 0 saturated carbocycles. The fourth-order valence-electron chi connectivity index (χ4n) is 1.66. The number of aliphatic carboxylic acids is 1. The zero-order chi connectivity index (χ0) is 11.4. The molecule has 0 aliphatic carbocycles. The lowest BCUT2D eigenvalue weighted by Gasteiger charge is -2.01. The van der Waals surface area contributed by atoms with Gasteiger partial charge in [0.2, 0.25) is 0 Å². The number of hydrogen-bond donors (Lipinski definition) is 1. The Labute approximate surface area is 96.0 Å². The maximum Gasteiger partial charge on any atom is 0.303 e. The lowest BCUT2D eigenvalue weighted by atomic mass is 10.1. The van der Waals surface area contributed by atoms with E-state index in [1.165, 1.54) is 51.1 Å². The first-order valence-electron chi connectivity index (χ1n) is 6.19. The third-order valence-electron chi connectivity index (χ3n) is 2.59. The minimum absolute atomic E-state index is 0.341. The summed E-state index contributed by atoms with van der Waals surface area (Å²) in [5.41, 5.74) is 0. The lowest BCUT2D eigenvalue weighted by Crippen LogP contribution is -1.93. The third-order valence-corrected chi connectivity index (χ3v) is 3.00. The molecule has 0 rings (SSSR count). The van der Waals surface area contributed by atoms with E-state index >= 15 is 0 Å². The number of carboxylic acid groups (broad SMARTS) is 1. The molecule has 1 unspecified atom stereocenters. The molecule has 15 heavy (non-hydrogen) atoms. The molecular weight excluding hydrogens is 207 g/mol. The van der Waals surface area contributed by atoms with Crippen molar-refractivity contribution in [3.8, 4) is 0 Å². The summed E-state index contributed by atoms with van der Waals surface area (Å²) in [6.45, 7) is 0. The average molecular weight is 232 g/mol. The summed E-state index contributed by atoms with van der Waals surface area (Å²) in [6, 6.07) is 0. The van der Waals surface area contributed by atoms with Crippen LogP contribution in [0.2, 0.25) is 0 Å². The molecule has 0 bridgehead atoms. The number of carbonyl (C=O) groups is 1. The molecule has 0 aromatic rings. The molecule has 0 spiro atoms. The van der Waals surface area contributed by atoms with Gasteiger partial charge in [-0.05, 0) is 19.0 Å². The molecule has 0 saturated heterocycles. The Kier molecular flexibility index (Phi) is 11.9. The number of unbranched alkanes of at least 4 members (excludes halogenated alkanes) is 8. The minimum atomic E-state index is -0.660. The van der Waals surface area contributed by atoms with E-state index in [1.54, 1.807) is 0 Å². The molecule has 3 heteroatoms. The number of carboxylic acids is 1. The summed E-state index contributed by atoms with van der Waals surface area (Å²) in [5, 5.41) is 8.43. The van der Waals surface area contributed by atoms with Crippen LogP contribution in [0.4, 0.5) is 0 Å². The number of rotatable bonds is 11. The van der Waals surface area contributed by atoms with Gasteiger partial charge in [-0.25, -0.2) is 0 Å². The molecule has 0 aliphatic rings. The number of hydrogen-bond acceptors (Lipinski definition) is 1. The first-order chi connectivity index (χ1) is 7.27. The summed E-state index contributed by atoms with van der Waals surface area (Å²) in [5.74, 6) is -0.660. The van der Waals surface area contributed by atoms with Crippen LogP contribution in [0.5, 0.6) is 0 Å². The molecule has 0 aromatic heterocycles. The summed E-state index contributed by atoms with van der Waals surface area (Å²) >= 11 is 0. The zero-order valence-corrected chi connectivity index (χ0v) is 10.9. The first kappa shape index (κ1) is 14.9. The monoisotopic (exact) mass is 232 g/mol. The van der Waals surface area contributed by atoms with Crippen LogP contribution in [0.15, 0.2) is 0 Å². The van der Waals surface area contributed by atoms with Crippen LogP contribution in [0.25, 0.3) is 0 Å². The molecule has 90 valence electrons. The Bertz CT molecular complexity index is 149. The lowest BCUT2D eigenvalue weighted by molar-refractivity contribution is -0.137. The van der Waals surface area contributed by atoms with Crippen LogP contribution in [-0.2, 0) is 4.79 Å². The Hall–Kier alpha value is -0.100. The van der Waals surface area contributed by atoms with E-state index in [0.717, 1.165) is 12.8 Å². The van der Waals surface area contributed by atoms with Gasteiger partial charge < -0.3 is 5.11 Å². The Balaban J connectivity index is 2.89. The van der Waals surface area contributed by atoms with E-state index in [0.29, 0.717) is 6.42 Å². The molecule has 0 heterocycles. The summed E-state index contributed by atoms with van der Waals surface area (Å²) in [4.78, 5) is 10.2. The Morgan fingerprint density at radius 1 is 0.800 bits per heavy atom. The highest BCUT2D eigenvalue weighted by Crippen LogP contribution is 2.10. The molecule has 0 aromatic carbocycles. The van der Waals surface area contributed by atoms with E-state index in [2.05, 4.69) is 9.24 Å². The SMILES string of the molecule is O=C(O)CCCCCCCCCCCP. The van der Waals surface area contributed by atoms with Gasteiger partial charge in [-0.3, -0.25) is 4.79 Å². The normalized spacial score (nSPS) is 10.5. The summed E-state index contributed by atoms with van der Waals surface area (Å²) in [7, 11) is 2.77. The van der Waals surface area contributed by atoms with Crippen LogP contribution < -0.4 is 0 Å². The van der Waals surface area contributed by atoms with Crippen molar-refractivity contribution in [1.29, 1.82) is 0 Å². The fraction of sp³-hybridized carbons (Fsp3) is 0.917. The van der Waals surface area contributed by atoms with Gasteiger partial charge in [0.25, 0.3) is 0 Å².